The predicted molar refractivity (Wildman–Crippen MR) is 119 cm³/mol. The van der Waals surface area contributed by atoms with Crippen LogP contribution in [-0.2, 0) is 24.3 Å². The molecule has 10 heteroatoms. The van der Waals surface area contributed by atoms with Crippen molar-refractivity contribution in [2.75, 3.05) is 47.5 Å². The number of nitrogens with zero attached hydrogens (tertiary/aromatic N) is 4. The van der Waals surface area contributed by atoms with E-state index in [4.69, 9.17) is 26.4 Å². The molecule has 9 nitrogen and oxygen atoms in total. The molecular weight excluding hydrogens is 418 g/mol. The second kappa shape index (κ2) is 10.6. The molecule has 0 saturated carbocycles. The van der Waals surface area contributed by atoms with E-state index in [1.165, 1.54) is 0 Å². The molecule has 1 aliphatic heterocycles. The minimum Gasteiger partial charge on any atom is -0.493 e. The number of carbonyl (C=O) groups is 1. The fraction of sp³-hybridized carbons (Fsp3) is 0.571. The van der Waals surface area contributed by atoms with Gasteiger partial charge in [0.1, 0.15) is 12.4 Å². The van der Waals surface area contributed by atoms with Gasteiger partial charge in [0.15, 0.2) is 16.3 Å². The first-order valence-electron chi connectivity index (χ1n) is 10.4. The second-order valence-corrected chi connectivity index (χ2v) is 7.82. The number of aromatic amines is 1. The van der Waals surface area contributed by atoms with Crippen molar-refractivity contribution in [1.29, 1.82) is 0 Å². The van der Waals surface area contributed by atoms with Crippen LogP contribution < -0.4 is 14.2 Å². The summed E-state index contributed by atoms with van der Waals surface area (Å²) in [7, 11) is 4.84. The molecule has 0 aliphatic carbocycles. The second-order valence-electron chi connectivity index (χ2n) is 7.43. The van der Waals surface area contributed by atoms with Crippen molar-refractivity contribution in [3.8, 4) is 17.2 Å². The number of methoxy groups -OCH3 is 3. The lowest BCUT2D eigenvalue weighted by molar-refractivity contribution is -0.133. The van der Waals surface area contributed by atoms with Gasteiger partial charge in [-0.15, -0.1) is 0 Å². The highest BCUT2D eigenvalue weighted by Crippen LogP contribution is 2.40. The molecule has 1 aliphatic rings. The van der Waals surface area contributed by atoms with Gasteiger partial charge in [-0.1, -0.05) is 13.0 Å². The van der Waals surface area contributed by atoms with Crippen LogP contribution in [0.4, 0.5) is 0 Å². The molecule has 1 N–H and O–H groups in total. The van der Waals surface area contributed by atoms with Crippen LogP contribution in [0.25, 0.3) is 0 Å². The van der Waals surface area contributed by atoms with Crippen LogP contribution in [0.5, 0.6) is 17.2 Å². The fourth-order valence-electron chi connectivity index (χ4n) is 3.85. The molecule has 2 aromatic rings. The number of carbonyl (C=O) groups excluding carboxylic acids is 1. The highest BCUT2D eigenvalue weighted by molar-refractivity contribution is 7.71. The number of aromatic nitrogens is 3. The van der Waals surface area contributed by atoms with Crippen LogP contribution in [0, 0.1) is 4.77 Å². The smallest absolute Gasteiger partial charge is 0.242 e. The van der Waals surface area contributed by atoms with E-state index in [0.29, 0.717) is 41.7 Å². The Balaban J connectivity index is 1.61. The van der Waals surface area contributed by atoms with E-state index in [9.17, 15) is 4.79 Å². The molecule has 1 fully saturated rings. The van der Waals surface area contributed by atoms with Gasteiger partial charge in [-0.2, -0.15) is 5.10 Å². The summed E-state index contributed by atoms with van der Waals surface area (Å²) < 4.78 is 18.7. The molecule has 170 valence electrons. The van der Waals surface area contributed by atoms with Crippen molar-refractivity contribution < 1.29 is 19.0 Å². The lowest BCUT2D eigenvalue weighted by Crippen LogP contribution is -2.49. The van der Waals surface area contributed by atoms with Gasteiger partial charge in [-0.25, -0.2) is 0 Å². The van der Waals surface area contributed by atoms with Crippen LogP contribution in [0.1, 0.15) is 24.7 Å². The standard InChI is InChI=1S/C21H31N5O4S/c1-5-6-17-22-23-21(31)26(17)14-18(27)25-11-9-24(10-12-25)13-15-7-8-16(28-2)20(30-4)19(15)29-3/h7-8H,5-6,9-14H2,1-4H3,(H,23,31). The zero-order valence-electron chi connectivity index (χ0n) is 18.6. The molecule has 0 unspecified atom stereocenters. The SMILES string of the molecule is CCCc1n[nH]c(=S)n1CC(=O)N1CCN(Cc2ccc(OC)c(OC)c2OC)CC1. The average Bonchev–Trinajstić information content (AvgIpc) is 3.13. The van der Waals surface area contributed by atoms with Gasteiger partial charge in [0.05, 0.1) is 21.3 Å². The van der Waals surface area contributed by atoms with Gasteiger partial charge in [0.2, 0.25) is 11.7 Å². The Morgan fingerprint density at radius 1 is 1.10 bits per heavy atom. The maximum absolute atomic E-state index is 12.8. The summed E-state index contributed by atoms with van der Waals surface area (Å²) >= 11 is 5.30. The monoisotopic (exact) mass is 449 g/mol. The van der Waals surface area contributed by atoms with Crippen LogP contribution >= 0.6 is 12.2 Å². The maximum atomic E-state index is 12.8. The van der Waals surface area contributed by atoms with Gasteiger partial charge in [-0.05, 0) is 24.7 Å². The molecule has 0 spiro atoms. The molecule has 1 aromatic heterocycles. The number of hydrogen-bond acceptors (Lipinski definition) is 7. The topological polar surface area (TPSA) is 84.9 Å². The predicted octanol–water partition coefficient (Wildman–Crippen LogP) is 2.26. The Morgan fingerprint density at radius 3 is 2.42 bits per heavy atom. The van der Waals surface area contributed by atoms with Crippen molar-refractivity contribution in [2.24, 2.45) is 0 Å². The molecule has 1 aromatic carbocycles. The normalized spacial score (nSPS) is 14.5. The minimum absolute atomic E-state index is 0.0678. The Morgan fingerprint density at radius 2 is 1.81 bits per heavy atom. The number of ether oxygens (including phenoxy) is 3. The third kappa shape index (κ3) is 5.19. The number of piperazine rings is 1. The summed E-state index contributed by atoms with van der Waals surface area (Å²) in [5, 5.41) is 7.04. The Bertz CT molecular complexity index is 950. The summed E-state index contributed by atoms with van der Waals surface area (Å²) in [6, 6.07) is 3.88. The third-order valence-corrected chi connectivity index (χ3v) is 5.82. The number of nitrogens with one attached hydrogen (secondary N) is 1. The number of H-pyrrole nitrogens is 1. The van der Waals surface area contributed by atoms with Crippen LogP contribution in [0.3, 0.4) is 0 Å². The highest BCUT2D eigenvalue weighted by atomic mass is 32.1. The van der Waals surface area contributed by atoms with Gasteiger partial charge >= 0.3 is 0 Å². The zero-order valence-corrected chi connectivity index (χ0v) is 19.5. The Hall–Kier alpha value is -2.59. The average molecular weight is 450 g/mol. The zero-order chi connectivity index (χ0) is 22.4. The summed E-state index contributed by atoms with van der Waals surface area (Å²) in [6.07, 6.45) is 1.74. The van der Waals surface area contributed by atoms with Crippen molar-refractivity contribution >= 4 is 18.1 Å². The number of benzene rings is 1. The minimum atomic E-state index is 0.0678. The Kier molecular flexibility index (Phi) is 7.91. The molecular formula is C21H31N5O4S. The fourth-order valence-corrected chi connectivity index (χ4v) is 4.06. The maximum Gasteiger partial charge on any atom is 0.242 e. The number of rotatable bonds is 9. The van der Waals surface area contributed by atoms with Crippen LogP contribution in [0.15, 0.2) is 12.1 Å². The van der Waals surface area contributed by atoms with Gasteiger partial charge in [0.25, 0.3) is 0 Å². The van der Waals surface area contributed by atoms with Crippen LogP contribution in [-0.4, -0.2) is 78.0 Å². The van der Waals surface area contributed by atoms with Gasteiger partial charge in [0, 0.05) is 44.7 Å². The van der Waals surface area contributed by atoms with Crippen molar-refractivity contribution in [3.63, 3.8) is 0 Å². The summed E-state index contributed by atoms with van der Waals surface area (Å²) in [5.41, 5.74) is 1.02. The first-order chi connectivity index (χ1) is 15.0. The van der Waals surface area contributed by atoms with E-state index in [1.54, 1.807) is 21.3 Å². The quantitative estimate of drug-likeness (QED) is 0.588. The molecule has 0 atom stereocenters. The van der Waals surface area contributed by atoms with E-state index < -0.39 is 0 Å². The van der Waals surface area contributed by atoms with E-state index in [0.717, 1.165) is 37.3 Å². The summed E-state index contributed by atoms with van der Waals surface area (Å²) in [5.74, 6) is 2.81. The number of aryl methyl sites for hydroxylation is 1. The summed E-state index contributed by atoms with van der Waals surface area (Å²) in [6.45, 7) is 5.92. The molecule has 1 saturated heterocycles. The van der Waals surface area contributed by atoms with Crippen molar-refractivity contribution in [3.05, 3.63) is 28.3 Å². The molecule has 0 radical (unpaired) electrons. The van der Waals surface area contributed by atoms with Crippen molar-refractivity contribution in [1.82, 2.24) is 24.6 Å². The van der Waals surface area contributed by atoms with E-state index >= 15 is 0 Å². The Labute approximate surface area is 187 Å². The third-order valence-electron chi connectivity index (χ3n) is 5.51. The summed E-state index contributed by atoms with van der Waals surface area (Å²) in [4.78, 5) is 17.0. The molecule has 0 bridgehead atoms. The highest BCUT2D eigenvalue weighted by Gasteiger charge is 2.24. The first-order valence-corrected chi connectivity index (χ1v) is 10.8. The lowest BCUT2D eigenvalue weighted by atomic mass is 10.1. The van der Waals surface area contributed by atoms with Gasteiger partial charge < -0.3 is 19.1 Å². The molecule has 31 heavy (non-hydrogen) atoms. The molecule has 2 heterocycles. The molecule has 3 rings (SSSR count). The largest absolute Gasteiger partial charge is 0.493 e. The van der Waals surface area contributed by atoms with Crippen LogP contribution in [0.2, 0.25) is 0 Å². The van der Waals surface area contributed by atoms with E-state index in [2.05, 4.69) is 22.0 Å². The lowest BCUT2D eigenvalue weighted by Gasteiger charge is -2.35. The molecule has 1 amide bonds. The van der Waals surface area contributed by atoms with E-state index in [-0.39, 0.29) is 12.5 Å². The van der Waals surface area contributed by atoms with Gasteiger partial charge in [-0.3, -0.25) is 19.4 Å². The van der Waals surface area contributed by atoms with E-state index in [1.807, 2.05) is 21.6 Å². The number of amides is 1. The first kappa shape index (κ1) is 23.1. The van der Waals surface area contributed by atoms with Crippen molar-refractivity contribution in [2.45, 2.75) is 32.9 Å². The number of hydrogen-bond donors (Lipinski definition) is 1.